The minimum atomic E-state index is -4.03. The van der Waals surface area contributed by atoms with Gasteiger partial charge in [0.15, 0.2) is 0 Å². The Hall–Kier alpha value is -2.13. The molecule has 3 rings (SSSR count). The number of likely N-dealkylation sites (tertiary alicyclic amines) is 1. The van der Waals surface area contributed by atoms with Gasteiger partial charge in [0.25, 0.3) is 15.9 Å². The summed E-state index contributed by atoms with van der Waals surface area (Å²) in [7, 11) is -2.01. The molecule has 0 saturated carbocycles. The molecule has 2 aromatic rings. The molecule has 1 aliphatic rings. The van der Waals surface area contributed by atoms with E-state index in [9.17, 15) is 13.2 Å². The molecule has 0 aliphatic carbocycles. The summed E-state index contributed by atoms with van der Waals surface area (Å²) in [5, 5.41) is 4.69. The number of nitrogens with one attached hydrogen (secondary N) is 1. The Morgan fingerprint density at radius 3 is 2.30 bits per heavy atom. The number of halogens is 2. The van der Waals surface area contributed by atoms with Crippen molar-refractivity contribution < 1.29 is 13.2 Å². The summed E-state index contributed by atoms with van der Waals surface area (Å²) in [6, 6.07) is 12.3. The molecule has 160 valence electrons. The van der Waals surface area contributed by atoms with Gasteiger partial charge in [0.05, 0.1) is 10.6 Å². The molecule has 1 N–H and O–H groups in total. The van der Waals surface area contributed by atoms with Gasteiger partial charge < -0.3 is 4.90 Å². The number of hydrazone groups is 1. The fourth-order valence-electron chi connectivity index (χ4n) is 3.01. The molecule has 2 aromatic carbocycles. The number of hydrogen-bond acceptors (Lipinski definition) is 5. The van der Waals surface area contributed by atoms with Crippen molar-refractivity contribution in [3.8, 4) is 0 Å². The average Bonchev–Trinajstić information content (AvgIpc) is 2.71. The minimum absolute atomic E-state index is 0.0514. The lowest BCUT2D eigenvalue weighted by Crippen LogP contribution is -2.40. The van der Waals surface area contributed by atoms with E-state index in [1.54, 1.807) is 18.2 Å². The summed E-state index contributed by atoms with van der Waals surface area (Å²) in [5.41, 5.74) is 3.55. The largest absolute Gasteiger partial charge is 0.306 e. The monoisotopic (exact) mass is 468 g/mol. The number of piperidine rings is 1. The van der Waals surface area contributed by atoms with E-state index in [2.05, 4.69) is 15.4 Å². The van der Waals surface area contributed by atoms with Gasteiger partial charge in [0.1, 0.15) is 6.54 Å². The van der Waals surface area contributed by atoms with Gasteiger partial charge in [-0.15, -0.1) is 0 Å². The third-order valence-corrected chi connectivity index (χ3v) is 6.88. The quantitative estimate of drug-likeness (QED) is 0.658. The Bertz CT molecular complexity index is 1020. The molecule has 0 bridgehead atoms. The predicted octanol–water partition coefficient (Wildman–Crippen LogP) is 3.39. The Morgan fingerprint density at radius 1 is 1.10 bits per heavy atom. The van der Waals surface area contributed by atoms with Gasteiger partial charge >= 0.3 is 0 Å². The molecular formula is C20H22Cl2N4O3S. The van der Waals surface area contributed by atoms with E-state index in [0.29, 0.717) is 0 Å². The van der Waals surface area contributed by atoms with Crippen molar-refractivity contribution in [2.45, 2.75) is 17.7 Å². The number of carbonyl (C=O) groups is 1. The lowest BCUT2D eigenvalue weighted by Gasteiger charge is -2.25. The molecule has 30 heavy (non-hydrogen) atoms. The number of benzene rings is 2. The van der Waals surface area contributed by atoms with Crippen LogP contribution < -0.4 is 9.73 Å². The van der Waals surface area contributed by atoms with Gasteiger partial charge in [0.2, 0.25) is 0 Å². The van der Waals surface area contributed by atoms with Gasteiger partial charge in [-0.05, 0) is 37.4 Å². The van der Waals surface area contributed by atoms with E-state index < -0.39 is 22.5 Å². The number of amides is 1. The maximum Gasteiger partial charge on any atom is 0.264 e. The highest BCUT2D eigenvalue weighted by Gasteiger charge is 2.27. The summed E-state index contributed by atoms with van der Waals surface area (Å²) >= 11 is 12.1. The van der Waals surface area contributed by atoms with Crippen molar-refractivity contribution in [3.63, 3.8) is 0 Å². The number of carbonyl (C=O) groups excluding carboxylic acids is 1. The summed E-state index contributed by atoms with van der Waals surface area (Å²) in [5.74, 6) is -0.558. The van der Waals surface area contributed by atoms with Crippen LogP contribution in [0.1, 0.15) is 12.8 Å². The summed E-state index contributed by atoms with van der Waals surface area (Å²) < 4.78 is 27.5. The van der Waals surface area contributed by atoms with Gasteiger partial charge in [-0.3, -0.25) is 9.10 Å². The maximum atomic E-state index is 13.3. The zero-order valence-electron chi connectivity index (χ0n) is 16.4. The minimum Gasteiger partial charge on any atom is -0.306 e. The van der Waals surface area contributed by atoms with Crippen LogP contribution in [-0.4, -0.2) is 51.6 Å². The van der Waals surface area contributed by atoms with E-state index in [1.807, 2.05) is 7.05 Å². The lowest BCUT2D eigenvalue weighted by molar-refractivity contribution is -0.119. The van der Waals surface area contributed by atoms with Crippen LogP contribution in [0, 0.1) is 0 Å². The molecule has 0 aromatic heterocycles. The number of nitrogens with zero attached hydrogens (tertiary/aromatic N) is 3. The molecule has 1 fully saturated rings. The standard InChI is InChI=1S/C20H22Cl2N4O3S/c1-25-9-7-17(8-10-25)23-24-20(27)14-26(18-12-15(21)11-16(22)13-18)30(28,29)19-5-3-2-4-6-19/h2-6,11-13H,7-10,14H2,1H3,(H,24,27). The van der Waals surface area contributed by atoms with E-state index in [0.717, 1.165) is 35.9 Å². The molecular weight excluding hydrogens is 447 g/mol. The van der Waals surface area contributed by atoms with Crippen molar-refractivity contribution in [2.75, 3.05) is 31.0 Å². The first-order chi connectivity index (χ1) is 14.3. The molecule has 0 spiro atoms. The smallest absolute Gasteiger partial charge is 0.264 e. The van der Waals surface area contributed by atoms with Crippen molar-refractivity contribution in [3.05, 3.63) is 58.6 Å². The summed E-state index contributed by atoms with van der Waals surface area (Å²) in [4.78, 5) is 14.8. The second kappa shape index (κ2) is 9.78. The van der Waals surface area contributed by atoms with Gasteiger partial charge in [-0.25, -0.2) is 13.8 Å². The fraction of sp³-hybridized carbons (Fsp3) is 0.300. The molecule has 0 atom stereocenters. The van der Waals surface area contributed by atoms with Crippen LogP contribution in [0.2, 0.25) is 10.0 Å². The van der Waals surface area contributed by atoms with E-state index >= 15 is 0 Å². The third-order valence-electron chi connectivity index (χ3n) is 4.66. The highest BCUT2D eigenvalue weighted by atomic mass is 35.5. The highest BCUT2D eigenvalue weighted by molar-refractivity contribution is 7.92. The Labute approximate surface area is 186 Å². The number of anilines is 1. The normalized spacial score (nSPS) is 15.0. The summed E-state index contributed by atoms with van der Waals surface area (Å²) in [6.07, 6.45) is 1.51. The summed E-state index contributed by atoms with van der Waals surface area (Å²) in [6.45, 7) is 1.26. The van der Waals surface area contributed by atoms with E-state index in [-0.39, 0.29) is 20.6 Å². The van der Waals surface area contributed by atoms with Crippen LogP contribution in [0.25, 0.3) is 0 Å². The van der Waals surface area contributed by atoms with Crippen LogP contribution in [0.3, 0.4) is 0 Å². The van der Waals surface area contributed by atoms with E-state index in [1.165, 1.54) is 30.3 Å². The number of sulfonamides is 1. The van der Waals surface area contributed by atoms with Crippen LogP contribution in [0.5, 0.6) is 0 Å². The predicted molar refractivity (Wildman–Crippen MR) is 120 cm³/mol. The molecule has 0 radical (unpaired) electrons. The molecule has 1 saturated heterocycles. The topological polar surface area (TPSA) is 82.1 Å². The average molecular weight is 469 g/mol. The van der Waals surface area contributed by atoms with Gasteiger partial charge in [-0.1, -0.05) is 41.4 Å². The second-order valence-corrected chi connectivity index (χ2v) is 9.70. The zero-order valence-corrected chi connectivity index (χ0v) is 18.7. The molecule has 1 aliphatic heterocycles. The highest BCUT2D eigenvalue weighted by Crippen LogP contribution is 2.29. The first kappa shape index (κ1) is 22.6. The van der Waals surface area contributed by atoms with Crippen molar-refractivity contribution >= 4 is 50.5 Å². The lowest BCUT2D eigenvalue weighted by atomic mass is 10.1. The molecule has 7 nitrogen and oxygen atoms in total. The Balaban J connectivity index is 1.86. The second-order valence-electron chi connectivity index (χ2n) is 6.97. The van der Waals surface area contributed by atoms with Crippen molar-refractivity contribution in [1.82, 2.24) is 10.3 Å². The van der Waals surface area contributed by atoms with Crippen LogP contribution >= 0.6 is 23.2 Å². The van der Waals surface area contributed by atoms with Crippen molar-refractivity contribution in [1.29, 1.82) is 0 Å². The number of hydrogen-bond donors (Lipinski definition) is 1. The first-order valence-electron chi connectivity index (χ1n) is 9.32. The third kappa shape index (κ3) is 5.72. The van der Waals surface area contributed by atoms with Crippen LogP contribution in [0.4, 0.5) is 5.69 Å². The fourth-order valence-corrected chi connectivity index (χ4v) is 4.95. The van der Waals surface area contributed by atoms with Crippen LogP contribution in [-0.2, 0) is 14.8 Å². The molecule has 10 heteroatoms. The Morgan fingerprint density at radius 2 is 1.70 bits per heavy atom. The molecule has 0 unspecified atom stereocenters. The first-order valence-corrected chi connectivity index (χ1v) is 11.5. The molecule has 1 amide bonds. The maximum absolute atomic E-state index is 13.3. The van der Waals surface area contributed by atoms with Crippen molar-refractivity contribution in [2.24, 2.45) is 5.10 Å². The van der Waals surface area contributed by atoms with Gasteiger partial charge in [0, 0.05) is 41.7 Å². The zero-order chi connectivity index (χ0) is 21.7. The van der Waals surface area contributed by atoms with E-state index in [4.69, 9.17) is 23.2 Å². The SMILES string of the molecule is CN1CCC(=NNC(=O)CN(c2cc(Cl)cc(Cl)c2)S(=O)(=O)c2ccccc2)CC1. The Kier molecular flexibility index (Phi) is 7.36. The van der Waals surface area contributed by atoms with Crippen LogP contribution in [0.15, 0.2) is 58.5 Å². The molecule has 1 heterocycles. The van der Waals surface area contributed by atoms with Gasteiger partial charge in [-0.2, -0.15) is 5.10 Å². The number of rotatable bonds is 6.